The van der Waals surface area contributed by atoms with Crippen LogP contribution in [0, 0.1) is 18.7 Å². The minimum atomic E-state index is -3.66. The van der Waals surface area contributed by atoms with Gasteiger partial charge in [-0.15, -0.1) is 12.4 Å². The average molecular weight is 385 g/mol. The largest absolute Gasteiger partial charge is 0.317 e. The van der Waals surface area contributed by atoms with Crippen LogP contribution in [0.25, 0.3) is 0 Å². The number of hydrogen-bond donors (Lipinski definition) is 1. The third-order valence-electron chi connectivity index (χ3n) is 4.09. The van der Waals surface area contributed by atoms with Gasteiger partial charge >= 0.3 is 0 Å². The maximum atomic E-state index is 13.5. The van der Waals surface area contributed by atoms with Crippen LogP contribution in [0.5, 0.6) is 0 Å². The van der Waals surface area contributed by atoms with Gasteiger partial charge in [0, 0.05) is 13.1 Å². The number of sulfonamides is 1. The minimum Gasteiger partial charge on any atom is -0.317 e. The van der Waals surface area contributed by atoms with Crippen LogP contribution in [0.3, 0.4) is 0 Å². The van der Waals surface area contributed by atoms with E-state index in [2.05, 4.69) is 12.2 Å². The summed E-state index contributed by atoms with van der Waals surface area (Å²) >= 11 is 5.95. The highest BCUT2D eigenvalue weighted by molar-refractivity contribution is 7.89. The fraction of sp³-hybridized carbons (Fsp3) is 0.600. The van der Waals surface area contributed by atoms with Crippen molar-refractivity contribution in [2.75, 3.05) is 26.2 Å². The number of rotatable bonds is 5. The molecule has 0 amide bonds. The summed E-state index contributed by atoms with van der Waals surface area (Å²) in [5.41, 5.74) is 0.282. The lowest BCUT2D eigenvalue weighted by atomic mass is 9.98. The van der Waals surface area contributed by atoms with Gasteiger partial charge in [0.05, 0.1) is 5.02 Å². The average Bonchev–Trinajstić information content (AvgIpc) is 2.49. The molecular weight excluding hydrogens is 362 g/mol. The summed E-state index contributed by atoms with van der Waals surface area (Å²) in [6.07, 6.45) is 1.65. The summed E-state index contributed by atoms with van der Waals surface area (Å²) in [7, 11) is -3.66. The molecule has 0 bridgehead atoms. The van der Waals surface area contributed by atoms with Crippen LogP contribution in [0.2, 0.25) is 5.02 Å². The van der Waals surface area contributed by atoms with E-state index in [0.717, 1.165) is 32.0 Å². The van der Waals surface area contributed by atoms with E-state index in [4.69, 9.17) is 11.6 Å². The highest BCUT2D eigenvalue weighted by Gasteiger charge is 2.31. The minimum absolute atomic E-state index is 0. The third kappa shape index (κ3) is 4.79. The van der Waals surface area contributed by atoms with Crippen molar-refractivity contribution >= 4 is 34.0 Å². The molecule has 1 aromatic carbocycles. The second kappa shape index (κ2) is 8.62. The molecule has 1 aliphatic heterocycles. The van der Waals surface area contributed by atoms with Gasteiger partial charge in [0.15, 0.2) is 0 Å². The molecule has 0 unspecified atom stereocenters. The molecule has 1 aliphatic rings. The van der Waals surface area contributed by atoms with Gasteiger partial charge in [-0.3, -0.25) is 0 Å². The number of nitrogens with zero attached hydrogens (tertiary/aromatic N) is 1. The summed E-state index contributed by atoms with van der Waals surface area (Å²) in [5.74, 6) is 0.00474. The predicted molar refractivity (Wildman–Crippen MR) is 93.4 cm³/mol. The smallest absolute Gasteiger partial charge is 0.244 e. The third-order valence-corrected chi connectivity index (χ3v) is 6.45. The standard InChI is InChI=1S/C15H22ClFN2O2S.ClH/c1-3-18-10-12-4-6-19(7-5-12)22(20,21)15-8-11(2)14(17)9-13(15)16;/h8-9,12,18H,3-7,10H2,1-2H3;1H. The monoisotopic (exact) mass is 384 g/mol. The first-order valence-electron chi connectivity index (χ1n) is 7.52. The first-order chi connectivity index (χ1) is 10.4. The van der Waals surface area contributed by atoms with Gasteiger partial charge in [0.2, 0.25) is 10.0 Å². The van der Waals surface area contributed by atoms with E-state index in [-0.39, 0.29) is 27.9 Å². The number of benzene rings is 1. The number of halogens is 3. The zero-order valence-corrected chi connectivity index (χ0v) is 15.7. The second-order valence-corrected chi connectivity index (χ2v) is 8.00. The maximum absolute atomic E-state index is 13.5. The highest BCUT2D eigenvalue weighted by Crippen LogP contribution is 2.30. The van der Waals surface area contributed by atoms with Gasteiger partial charge in [-0.2, -0.15) is 4.31 Å². The summed E-state index contributed by atoms with van der Waals surface area (Å²) in [6, 6.07) is 2.39. The molecule has 1 saturated heterocycles. The van der Waals surface area contributed by atoms with Gasteiger partial charge in [0.25, 0.3) is 0 Å². The van der Waals surface area contributed by atoms with E-state index in [1.807, 2.05) is 0 Å². The number of aryl methyl sites for hydroxylation is 1. The van der Waals surface area contributed by atoms with Crippen LogP contribution in [-0.4, -0.2) is 38.9 Å². The zero-order valence-electron chi connectivity index (χ0n) is 13.3. The van der Waals surface area contributed by atoms with Gasteiger partial charge in [0.1, 0.15) is 10.7 Å². The molecule has 0 spiro atoms. The van der Waals surface area contributed by atoms with Crippen molar-refractivity contribution < 1.29 is 12.8 Å². The van der Waals surface area contributed by atoms with E-state index in [1.165, 1.54) is 17.3 Å². The molecule has 1 aromatic rings. The van der Waals surface area contributed by atoms with Crippen LogP contribution in [0.1, 0.15) is 25.3 Å². The Morgan fingerprint density at radius 3 is 2.52 bits per heavy atom. The lowest BCUT2D eigenvalue weighted by molar-refractivity contribution is 0.268. The van der Waals surface area contributed by atoms with Crippen LogP contribution >= 0.6 is 24.0 Å². The van der Waals surface area contributed by atoms with Crippen molar-refractivity contribution in [2.24, 2.45) is 5.92 Å². The molecule has 23 heavy (non-hydrogen) atoms. The lowest BCUT2D eigenvalue weighted by Gasteiger charge is -2.31. The topological polar surface area (TPSA) is 49.4 Å². The van der Waals surface area contributed by atoms with E-state index in [9.17, 15) is 12.8 Å². The van der Waals surface area contributed by atoms with Crippen molar-refractivity contribution in [1.82, 2.24) is 9.62 Å². The van der Waals surface area contributed by atoms with Crippen LogP contribution in [0.15, 0.2) is 17.0 Å². The number of nitrogens with one attached hydrogen (secondary N) is 1. The van der Waals surface area contributed by atoms with Crippen molar-refractivity contribution in [2.45, 2.75) is 31.6 Å². The molecule has 1 N–H and O–H groups in total. The zero-order chi connectivity index (χ0) is 16.3. The lowest BCUT2D eigenvalue weighted by Crippen LogP contribution is -2.40. The van der Waals surface area contributed by atoms with Crippen LogP contribution < -0.4 is 5.32 Å². The van der Waals surface area contributed by atoms with E-state index >= 15 is 0 Å². The quantitative estimate of drug-likeness (QED) is 0.847. The van der Waals surface area contributed by atoms with Crippen molar-refractivity contribution in [3.8, 4) is 0 Å². The summed E-state index contributed by atoms with van der Waals surface area (Å²) < 4.78 is 40.3. The SMILES string of the molecule is CCNCC1CCN(S(=O)(=O)c2cc(C)c(F)cc2Cl)CC1.Cl. The molecule has 0 aromatic heterocycles. The molecule has 132 valence electrons. The molecule has 8 heteroatoms. The van der Waals surface area contributed by atoms with Gasteiger partial charge in [-0.25, -0.2) is 12.8 Å². The molecule has 1 fully saturated rings. The van der Waals surface area contributed by atoms with Gasteiger partial charge in [-0.05, 0) is 56.5 Å². The van der Waals surface area contributed by atoms with Crippen molar-refractivity contribution in [3.05, 3.63) is 28.5 Å². The summed E-state index contributed by atoms with van der Waals surface area (Å²) in [6.45, 7) is 6.38. The maximum Gasteiger partial charge on any atom is 0.244 e. The van der Waals surface area contributed by atoms with Crippen molar-refractivity contribution in [1.29, 1.82) is 0 Å². The predicted octanol–water partition coefficient (Wildman–Crippen LogP) is 3.22. The Balaban J connectivity index is 0.00000264. The van der Waals surface area contributed by atoms with Crippen LogP contribution in [0.4, 0.5) is 4.39 Å². The highest BCUT2D eigenvalue weighted by atomic mass is 35.5. The Hall–Kier alpha value is -0.400. The Kier molecular flexibility index (Phi) is 7.74. The first kappa shape index (κ1) is 20.6. The molecule has 1 heterocycles. The van der Waals surface area contributed by atoms with Gasteiger partial charge in [-0.1, -0.05) is 18.5 Å². The van der Waals surface area contributed by atoms with Crippen molar-refractivity contribution in [3.63, 3.8) is 0 Å². The molecule has 0 saturated carbocycles. The normalized spacial score (nSPS) is 17.0. The Labute approximate surface area is 148 Å². The molecule has 2 rings (SSSR count). The van der Waals surface area contributed by atoms with Gasteiger partial charge < -0.3 is 5.32 Å². The van der Waals surface area contributed by atoms with E-state index in [0.29, 0.717) is 19.0 Å². The second-order valence-electron chi connectivity index (χ2n) is 5.69. The molecule has 4 nitrogen and oxygen atoms in total. The summed E-state index contributed by atoms with van der Waals surface area (Å²) in [5, 5.41) is 3.24. The number of hydrogen-bond acceptors (Lipinski definition) is 3. The molecule has 0 radical (unpaired) electrons. The molecule has 0 aliphatic carbocycles. The van der Waals surface area contributed by atoms with E-state index in [1.54, 1.807) is 0 Å². The Morgan fingerprint density at radius 2 is 1.96 bits per heavy atom. The summed E-state index contributed by atoms with van der Waals surface area (Å²) in [4.78, 5) is -0.00167. The van der Waals surface area contributed by atoms with E-state index < -0.39 is 15.8 Å². The Morgan fingerprint density at radius 1 is 1.35 bits per heavy atom. The number of piperidine rings is 1. The van der Waals surface area contributed by atoms with Crippen LogP contribution in [-0.2, 0) is 10.0 Å². The first-order valence-corrected chi connectivity index (χ1v) is 9.34. The fourth-order valence-electron chi connectivity index (χ4n) is 2.67. The molecular formula is C15H23Cl2FN2O2S. The molecule has 0 atom stereocenters. The fourth-order valence-corrected chi connectivity index (χ4v) is 4.71. The Bertz CT molecular complexity index is 633.